The van der Waals surface area contributed by atoms with Crippen molar-refractivity contribution in [3.8, 4) is 11.5 Å². The largest absolute Gasteiger partial charge is 0.490 e. The van der Waals surface area contributed by atoms with Gasteiger partial charge in [-0.05, 0) is 63.0 Å². The van der Waals surface area contributed by atoms with Crippen LogP contribution >= 0.6 is 0 Å². The van der Waals surface area contributed by atoms with Gasteiger partial charge in [0.1, 0.15) is 0 Å². The van der Waals surface area contributed by atoms with Crippen molar-refractivity contribution in [2.45, 2.75) is 64.2 Å². The molecule has 1 aliphatic heterocycles. The van der Waals surface area contributed by atoms with E-state index in [1.807, 2.05) is 25.1 Å². The highest BCUT2D eigenvalue weighted by Gasteiger charge is 2.49. The van der Waals surface area contributed by atoms with Crippen LogP contribution in [0.25, 0.3) is 0 Å². The van der Waals surface area contributed by atoms with Crippen molar-refractivity contribution >= 4 is 17.6 Å². The summed E-state index contributed by atoms with van der Waals surface area (Å²) in [5.41, 5.74) is 1.42. The zero-order valence-corrected chi connectivity index (χ0v) is 17.4. The Kier molecular flexibility index (Phi) is 6.68. The lowest BCUT2D eigenvalue weighted by Crippen LogP contribution is -2.53. The van der Waals surface area contributed by atoms with E-state index >= 15 is 0 Å². The number of benzene rings is 1. The van der Waals surface area contributed by atoms with Crippen molar-refractivity contribution in [3.05, 3.63) is 18.2 Å². The van der Waals surface area contributed by atoms with E-state index in [9.17, 15) is 18.0 Å². The molecule has 4 rings (SSSR count). The molecular formula is C21H27F3N2O5. The smallest absolute Gasteiger partial charge is 0.475 e. The second-order valence-electron chi connectivity index (χ2n) is 8.56. The van der Waals surface area contributed by atoms with Gasteiger partial charge in [-0.1, -0.05) is 6.42 Å². The normalized spacial score (nSPS) is 20.5. The van der Waals surface area contributed by atoms with Gasteiger partial charge in [0.05, 0.1) is 6.04 Å². The standard InChI is InChI=1S/C19H26N2O3.C2HF3O2/c1-12(14-9-19(10-14)6-3-7-19)20-13(2)18(22)21-15-4-5-16-17(8-15)24-11-23-16;3-2(4,5)1(6)7/h4-5,8,12-14,20H,3,6-7,9-11H2,1-2H3,(H,21,22);(H,6,7). The molecule has 172 valence electrons. The summed E-state index contributed by atoms with van der Waals surface area (Å²) >= 11 is 0. The second-order valence-corrected chi connectivity index (χ2v) is 8.56. The fraction of sp³-hybridized carbons (Fsp3) is 0.619. The molecule has 1 amide bonds. The predicted molar refractivity (Wildman–Crippen MR) is 106 cm³/mol. The molecule has 2 unspecified atom stereocenters. The van der Waals surface area contributed by atoms with Crippen molar-refractivity contribution < 1.29 is 37.3 Å². The highest BCUT2D eigenvalue weighted by molar-refractivity contribution is 5.94. The van der Waals surface area contributed by atoms with Gasteiger partial charge in [0.15, 0.2) is 11.5 Å². The zero-order valence-electron chi connectivity index (χ0n) is 17.4. The fourth-order valence-corrected chi connectivity index (χ4v) is 4.32. The van der Waals surface area contributed by atoms with Gasteiger partial charge in [-0.2, -0.15) is 13.2 Å². The quantitative estimate of drug-likeness (QED) is 0.637. The summed E-state index contributed by atoms with van der Waals surface area (Å²) in [5, 5.41) is 13.6. The van der Waals surface area contributed by atoms with E-state index in [1.54, 1.807) is 0 Å². The Hall–Kier alpha value is -2.49. The number of carboxylic acids is 1. The summed E-state index contributed by atoms with van der Waals surface area (Å²) in [6, 6.07) is 5.64. The summed E-state index contributed by atoms with van der Waals surface area (Å²) in [6.45, 7) is 4.38. The Labute approximate surface area is 178 Å². The van der Waals surface area contributed by atoms with Gasteiger partial charge < -0.3 is 25.2 Å². The third kappa shape index (κ3) is 5.61. The summed E-state index contributed by atoms with van der Waals surface area (Å²) in [7, 11) is 0. The fourth-order valence-electron chi connectivity index (χ4n) is 4.32. The summed E-state index contributed by atoms with van der Waals surface area (Å²) in [6.07, 6.45) is 1.81. The maximum Gasteiger partial charge on any atom is 0.490 e. The van der Waals surface area contributed by atoms with Gasteiger partial charge in [0.25, 0.3) is 0 Å². The Balaban J connectivity index is 0.000000339. The number of carbonyl (C=O) groups excluding carboxylic acids is 1. The van der Waals surface area contributed by atoms with E-state index in [4.69, 9.17) is 19.4 Å². The second kappa shape index (κ2) is 8.94. The van der Waals surface area contributed by atoms with Crippen LogP contribution in [-0.4, -0.2) is 42.0 Å². The van der Waals surface area contributed by atoms with Gasteiger partial charge in [-0.25, -0.2) is 4.79 Å². The van der Waals surface area contributed by atoms with Crippen molar-refractivity contribution in [3.63, 3.8) is 0 Å². The van der Waals surface area contributed by atoms with Gasteiger partial charge >= 0.3 is 12.1 Å². The number of carbonyl (C=O) groups is 2. The first-order chi connectivity index (χ1) is 14.5. The molecule has 2 aliphatic carbocycles. The van der Waals surface area contributed by atoms with Crippen molar-refractivity contribution in [1.82, 2.24) is 5.32 Å². The zero-order chi connectivity index (χ0) is 22.8. The first-order valence-electron chi connectivity index (χ1n) is 10.3. The van der Waals surface area contributed by atoms with Crippen LogP contribution in [0, 0.1) is 11.3 Å². The summed E-state index contributed by atoms with van der Waals surface area (Å²) < 4.78 is 42.4. The maximum absolute atomic E-state index is 12.4. The lowest BCUT2D eigenvalue weighted by molar-refractivity contribution is -0.192. The number of aliphatic carboxylic acids is 1. The van der Waals surface area contributed by atoms with Crippen LogP contribution in [0.2, 0.25) is 0 Å². The molecule has 0 bridgehead atoms. The van der Waals surface area contributed by atoms with Crippen LogP contribution < -0.4 is 20.1 Å². The van der Waals surface area contributed by atoms with Crippen molar-refractivity contribution in [2.75, 3.05) is 12.1 Å². The molecule has 2 atom stereocenters. The molecule has 7 nitrogen and oxygen atoms in total. The number of alkyl halides is 3. The molecule has 10 heteroatoms. The molecule has 1 aromatic carbocycles. The summed E-state index contributed by atoms with van der Waals surface area (Å²) in [4.78, 5) is 21.3. The minimum atomic E-state index is -5.08. The minimum Gasteiger partial charge on any atom is -0.475 e. The number of anilines is 1. The van der Waals surface area contributed by atoms with Crippen LogP contribution in [0.5, 0.6) is 11.5 Å². The van der Waals surface area contributed by atoms with E-state index < -0.39 is 12.1 Å². The number of rotatable bonds is 5. The van der Waals surface area contributed by atoms with Crippen molar-refractivity contribution in [2.24, 2.45) is 11.3 Å². The third-order valence-electron chi connectivity index (χ3n) is 6.30. The first-order valence-corrected chi connectivity index (χ1v) is 10.3. The number of nitrogens with one attached hydrogen (secondary N) is 2. The topological polar surface area (TPSA) is 96.9 Å². The van der Waals surface area contributed by atoms with Crippen LogP contribution in [0.3, 0.4) is 0 Å². The highest BCUT2D eigenvalue weighted by Crippen LogP contribution is 2.59. The van der Waals surface area contributed by atoms with Crippen LogP contribution in [0.1, 0.15) is 46.0 Å². The lowest BCUT2D eigenvalue weighted by atomic mass is 9.50. The number of amides is 1. The average molecular weight is 444 g/mol. The number of ether oxygens (including phenoxy) is 2. The molecule has 1 spiro atoms. The highest BCUT2D eigenvalue weighted by atomic mass is 19.4. The average Bonchev–Trinajstić information content (AvgIpc) is 3.06. The Morgan fingerprint density at radius 2 is 1.77 bits per heavy atom. The molecule has 2 fully saturated rings. The van der Waals surface area contributed by atoms with Crippen LogP contribution in [0.15, 0.2) is 18.2 Å². The molecule has 3 aliphatic rings. The van der Waals surface area contributed by atoms with Gasteiger partial charge in [-0.3, -0.25) is 4.79 Å². The van der Waals surface area contributed by atoms with E-state index in [1.165, 1.54) is 32.1 Å². The van der Waals surface area contributed by atoms with E-state index in [0.29, 0.717) is 23.1 Å². The molecule has 3 N–H and O–H groups in total. The Bertz CT molecular complexity index is 818. The molecule has 0 radical (unpaired) electrons. The third-order valence-corrected chi connectivity index (χ3v) is 6.30. The molecule has 1 heterocycles. The predicted octanol–water partition coefficient (Wildman–Crippen LogP) is 3.93. The van der Waals surface area contributed by atoms with Crippen molar-refractivity contribution in [1.29, 1.82) is 0 Å². The van der Waals surface area contributed by atoms with E-state index in [-0.39, 0.29) is 18.7 Å². The number of fused-ring (bicyclic) bond motifs is 1. The van der Waals surface area contributed by atoms with Gasteiger partial charge in [0, 0.05) is 17.8 Å². The van der Waals surface area contributed by atoms with Crippen LogP contribution in [0.4, 0.5) is 18.9 Å². The molecule has 2 saturated carbocycles. The Morgan fingerprint density at radius 1 is 1.16 bits per heavy atom. The first kappa shape index (κ1) is 23.2. The lowest BCUT2D eigenvalue weighted by Gasteiger charge is -2.56. The molecule has 0 aromatic heterocycles. The SMILES string of the molecule is CC(NC(C)C1CC2(CCC2)C1)C(=O)Nc1ccc2c(c1)OCO2.O=C(O)C(F)(F)F. The molecule has 1 aromatic rings. The molecule has 31 heavy (non-hydrogen) atoms. The molecule has 0 saturated heterocycles. The number of hydrogen-bond acceptors (Lipinski definition) is 5. The molecular weight excluding hydrogens is 417 g/mol. The summed E-state index contributed by atoms with van der Waals surface area (Å²) in [5.74, 6) is -0.651. The number of hydrogen-bond donors (Lipinski definition) is 3. The minimum absolute atomic E-state index is 0.0154. The number of carboxylic acid groups (broad SMARTS) is 1. The van der Waals surface area contributed by atoms with E-state index in [2.05, 4.69) is 17.6 Å². The maximum atomic E-state index is 12.4. The Morgan fingerprint density at radius 3 is 2.32 bits per heavy atom. The van der Waals surface area contributed by atoms with Crippen LogP contribution in [-0.2, 0) is 9.59 Å². The van der Waals surface area contributed by atoms with Gasteiger partial charge in [-0.15, -0.1) is 0 Å². The monoisotopic (exact) mass is 444 g/mol. The number of halogens is 3. The van der Waals surface area contributed by atoms with Gasteiger partial charge in [0.2, 0.25) is 12.7 Å². The van der Waals surface area contributed by atoms with E-state index in [0.717, 1.165) is 11.4 Å².